The number of anilines is 1. The van der Waals surface area contributed by atoms with Crippen LogP contribution in [0.5, 0.6) is 0 Å². The van der Waals surface area contributed by atoms with Crippen LogP contribution in [0.1, 0.15) is 41.0 Å². The lowest BCUT2D eigenvalue weighted by Gasteiger charge is -2.09. The maximum Gasteiger partial charge on any atom is 0.255 e. The van der Waals surface area contributed by atoms with Crippen LogP contribution in [0.2, 0.25) is 0 Å². The second-order valence-electron chi connectivity index (χ2n) is 5.84. The Morgan fingerprint density at radius 1 is 0.913 bits per heavy atom. The van der Waals surface area contributed by atoms with Crippen molar-refractivity contribution in [3.63, 3.8) is 0 Å². The van der Waals surface area contributed by atoms with Gasteiger partial charge in [-0.25, -0.2) is 0 Å². The Balaban J connectivity index is 1.99. The molecule has 0 heterocycles. The highest BCUT2D eigenvalue weighted by Crippen LogP contribution is 2.12. The molecule has 23 heavy (non-hydrogen) atoms. The van der Waals surface area contributed by atoms with Gasteiger partial charge in [-0.15, -0.1) is 0 Å². The van der Waals surface area contributed by atoms with Gasteiger partial charge in [0.1, 0.15) is 0 Å². The number of benzene rings is 2. The molecule has 0 radical (unpaired) electrons. The summed E-state index contributed by atoms with van der Waals surface area (Å²) in [6, 6.07) is 15.9. The van der Waals surface area contributed by atoms with E-state index in [0.717, 1.165) is 6.42 Å². The molecule has 0 fully saturated rings. The first-order valence-corrected chi connectivity index (χ1v) is 7.81. The van der Waals surface area contributed by atoms with E-state index in [4.69, 9.17) is 0 Å². The number of hydrogen-bond donors (Lipinski definition) is 2. The van der Waals surface area contributed by atoms with Gasteiger partial charge in [0, 0.05) is 23.4 Å². The average molecular weight is 310 g/mol. The molecule has 2 rings (SSSR count). The van der Waals surface area contributed by atoms with E-state index in [2.05, 4.69) is 24.5 Å². The van der Waals surface area contributed by atoms with Crippen molar-refractivity contribution in [3.05, 3.63) is 65.7 Å². The van der Waals surface area contributed by atoms with Gasteiger partial charge in [0.15, 0.2) is 0 Å². The number of carbonyl (C=O) groups is 2. The van der Waals surface area contributed by atoms with Crippen LogP contribution in [-0.2, 0) is 0 Å². The summed E-state index contributed by atoms with van der Waals surface area (Å²) in [5.74, 6) is 0.233. The molecule has 0 atom stereocenters. The van der Waals surface area contributed by atoms with Crippen LogP contribution in [0.3, 0.4) is 0 Å². The normalized spacial score (nSPS) is 10.4. The molecule has 0 aromatic heterocycles. The number of nitrogens with one attached hydrogen (secondary N) is 2. The first kappa shape index (κ1) is 16.7. The quantitative estimate of drug-likeness (QED) is 0.854. The van der Waals surface area contributed by atoms with Crippen molar-refractivity contribution in [2.75, 3.05) is 11.9 Å². The van der Waals surface area contributed by atoms with E-state index in [1.54, 1.807) is 36.4 Å². The summed E-state index contributed by atoms with van der Waals surface area (Å²) >= 11 is 0. The van der Waals surface area contributed by atoms with Crippen molar-refractivity contribution in [2.45, 2.75) is 20.3 Å². The largest absolute Gasteiger partial charge is 0.352 e. The molecule has 2 aromatic carbocycles. The van der Waals surface area contributed by atoms with Gasteiger partial charge in [0.2, 0.25) is 0 Å². The number of hydrogen-bond acceptors (Lipinski definition) is 2. The van der Waals surface area contributed by atoms with Crippen LogP contribution < -0.4 is 10.6 Å². The highest BCUT2D eigenvalue weighted by Gasteiger charge is 2.09. The first-order chi connectivity index (χ1) is 11.1. The van der Waals surface area contributed by atoms with Gasteiger partial charge in [0.25, 0.3) is 11.8 Å². The lowest BCUT2D eigenvalue weighted by molar-refractivity contribution is 0.0950. The summed E-state index contributed by atoms with van der Waals surface area (Å²) < 4.78 is 0. The van der Waals surface area contributed by atoms with Crippen LogP contribution >= 0.6 is 0 Å². The van der Waals surface area contributed by atoms with E-state index >= 15 is 0 Å². The number of amides is 2. The fourth-order valence-corrected chi connectivity index (χ4v) is 2.11. The summed E-state index contributed by atoms with van der Waals surface area (Å²) in [5, 5.41) is 5.70. The Morgan fingerprint density at radius 2 is 1.61 bits per heavy atom. The third-order valence-electron chi connectivity index (χ3n) is 3.43. The van der Waals surface area contributed by atoms with Gasteiger partial charge in [-0.05, 0) is 42.7 Å². The smallest absolute Gasteiger partial charge is 0.255 e. The second-order valence-corrected chi connectivity index (χ2v) is 5.84. The van der Waals surface area contributed by atoms with Gasteiger partial charge in [-0.3, -0.25) is 9.59 Å². The van der Waals surface area contributed by atoms with E-state index in [1.165, 1.54) is 0 Å². The highest BCUT2D eigenvalue weighted by atomic mass is 16.2. The third kappa shape index (κ3) is 5.25. The lowest BCUT2D eigenvalue weighted by atomic mass is 10.1. The van der Waals surface area contributed by atoms with E-state index < -0.39 is 0 Å². The van der Waals surface area contributed by atoms with Crippen LogP contribution in [0.4, 0.5) is 5.69 Å². The summed E-state index contributed by atoms with van der Waals surface area (Å²) in [5.41, 5.74) is 1.73. The molecule has 0 saturated heterocycles. The minimum atomic E-state index is -0.192. The Morgan fingerprint density at radius 3 is 2.30 bits per heavy atom. The molecule has 2 N–H and O–H groups in total. The highest BCUT2D eigenvalue weighted by molar-refractivity contribution is 6.05. The topological polar surface area (TPSA) is 58.2 Å². The van der Waals surface area contributed by atoms with Crippen LogP contribution in [0.25, 0.3) is 0 Å². The predicted molar refractivity (Wildman–Crippen MR) is 92.6 cm³/mol. The Bertz CT molecular complexity index is 666. The van der Waals surface area contributed by atoms with Crippen LogP contribution in [-0.4, -0.2) is 18.4 Å². The zero-order chi connectivity index (χ0) is 16.7. The van der Waals surface area contributed by atoms with Crippen molar-refractivity contribution >= 4 is 17.5 Å². The molecule has 0 bridgehead atoms. The van der Waals surface area contributed by atoms with E-state index in [1.807, 2.05) is 18.2 Å². The third-order valence-corrected chi connectivity index (χ3v) is 3.43. The molecule has 0 unspecified atom stereocenters. The molecule has 120 valence electrons. The molecule has 0 aliphatic rings. The molecular formula is C19H22N2O2. The monoisotopic (exact) mass is 310 g/mol. The minimum absolute atomic E-state index is 0.124. The summed E-state index contributed by atoms with van der Waals surface area (Å²) in [4.78, 5) is 24.2. The van der Waals surface area contributed by atoms with Crippen molar-refractivity contribution in [1.82, 2.24) is 5.32 Å². The Hall–Kier alpha value is -2.62. The molecule has 4 nitrogen and oxygen atoms in total. The predicted octanol–water partition coefficient (Wildman–Crippen LogP) is 3.71. The van der Waals surface area contributed by atoms with Crippen molar-refractivity contribution in [1.29, 1.82) is 0 Å². The van der Waals surface area contributed by atoms with Gasteiger partial charge in [-0.2, -0.15) is 0 Å². The van der Waals surface area contributed by atoms with Gasteiger partial charge in [0.05, 0.1) is 0 Å². The fraction of sp³-hybridized carbons (Fsp3) is 0.263. The molecule has 2 amide bonds. The van der Waals surface area contributed by atoms with Gasteiger partial charge >= 0.3 is 0 Å². The average Bonchev–Trinajstić information content (AvgIpc) is 2.55. The summed E-state index contributed by atoms with van der Waals surface area (Å²) in [7, 11) is 0. The lowest BCUT2D eigenvalue weighted by Crippen LogP contribution is -2.25. The standard InChI is InChI=1S/C19H22N2O2/c1-14(2)11-12-20-18(22)16-9-6-10-17(13-16)21-19(23)15-7-4-3-5-8-15/h3-10,13-14H,11-12H2,1-2H3,(H,20,22)(H,21,23). The fourth-order valence-electron chi connectivity index (χ4n) is 2.11. The Labute approximate surface area is 136 Å². The molecule has 0 spiro atoms. The summed E-state index contributed by atoms with van der Waals surface area (Å²) in [6.45, 7) is 4.88. The van der Waals surface area contributed by atoms with Gasteiger partial charge in [-0.1, -0.05) is 38.1 Å². The van der Waals surface area contributed by atoms with Crippen molar-refractivity contribution < 1.29 is 9.59 Å². The van der Waals surface area contributed by atoms with E-state index in [0.29, 0.717) is 29.3 Å². The first-order valence-electron chi connectivity index (χ1n) is 7.81. The SMILES string of the molecule is CC(C)CCNC(=O)c1cccc(NC(=O)c2ccccc2)c1. The molecule has 0 saturated carbocycles. The zero-order valence-electron chi connectivity index (χ0n) is 13.5. The van der Waals surface area contributed by atoms with E-state index in [9.17, 15) is 9.59 Å². The molecular weight excluding hydrogens is 288 g/mol. The van der Waals surface area contributed by atoms with Crippen LogP contribution in [0.15, 0.2) is 54.6 Å². The molecule has 0 aliphatic carbocycles. The van der Waals surface area contributed by atoms with Crippen molar-refractivity contribution in [2.24, 2.45) is 5.92 Å². The molecule has 0 aliphatic heterocycles. The maximum absolute atomic E-state index is 12.1. The second kappa shape index (κ2) is 8.13. The van der Waals surface area contributed by atoms with Crippen molar-refractivity contribution in [3.8, 4) is 0 Å². The van der Waals surface area contributed by atoms with E-state index in [-0.39, 0.29) is 11.8 Å². The minimum Gasteiger partial charge on any atom is -0.352 e. The van der Waals surface area contributed by atoms with Gasteiger partial charge < -0.3 is 10.6 Å². The zero-order valence-corrected chi connectivity index (χ0v) is 13.5. The maximum atomic E-state index is 12.1. The number of carbonyl (C=O) groups excluding carboxylic acids is 2. The summed E-state index contributed by atoms with van der Waals surface area (Å²) in [6.07, 6.45) is 0.941. The molecule has 2 aromatic rings. The van der Waals surface area contributed by atoms with Crippen LogP contribution in [0, 0.1) is 5.92 Å². The molecule has 4 heteroatoms. The number of rotatable bonds is 6. The Kier molecular flexibility index (Phi) is 5.92.